The van der Waals surface area contributed by atoms with Gasteiger partial charge >= 0.3 is 0 Å². The lowest BCUT2D eigenvalue weighted by Crippen LogP contribution is -2.44. The van der Waals surface area contributed by atoms with Gasteiger partial charge in [-0.1, -0.05) is 0 Å². The Morgan fingerprint density at radius 3 is 2.44 bits per heavy atom. The third-order valence-electron chi connectivity index (χ3n) is 8.18. The second-order valence-corrected chi connectivity index (χ2v) is 11.9. The van der Waals surface area contributed by atoms with Gasteiger partial charge in [-0.15, -0.1) is 11.3 Å². The van der Waals surface area contributed by atoms with Crippen molar-refractivity contribution in [2.45, 2.75) is 57.1 Å². The number of fused-ring (bicyclic) bond motifs is 3. The quantitative estimate of drug-likeness (QED) is 0.509. The molecule has 3 aromatic rings. The van der Waals surface area contributed by atoms with Crippen LogP contribution in [0.15, 0.2) is 24.3 Å². The molecule has 2 aliphatic carbocycles. The molecule has 1 N–H and O–H groups in total. The topological polar surface area (TPSA) is 56.8 Å². The van der Waals surface area contributed by atoms with E-state index in [1.165, 1.54) is 35.4 Å². The molecule has 3 heterocycles. The Morgan fingerprint density at radius 2 is 1.72 bits per heavy atom. The lowest BCUT2D eigenvalue weighted by Gasteiger charge is -2.34. The van der Waals surface area contributed by atoms with Crippen LogP contribution in [0.4, 0.5) is 17.3 Å². The molecule has 36 heavy (non-hydrogen) atoms. The fourth-order valence-electron chi connectivity index (χ4n) is 5.89. The zero-order valence-corrected chi connectivity index (χ0v) is 22.6. The molecule has 7 nitrogen and oxygen atoms in total. The third-order valence-corrected chi connectivity index (χ3v) is 9.36. The molecule has 1 aliphatic heterocycles. The molecule has 0 amide bonds. The molecule has 2 fully saturated rings. The largest absolute Gasteiger partial charge is 0.474 e. The standard InChI is InChI=1S/C28H38N6OS/c1-32(2)20-11-13-22(14-12-20)35-26-25-23-5-4-6-24(23)36-27(25)31-28(30-26)29-19-7-9-21(10-8-19)34-17-15-33(3)16-18-34/h7-10,20,22H,4-6,11-18H2,1-3H3,(H,29,30,31). The molecule has 1 saturated carbocycles. The summed E-state index contributed by atoms with van der Waals surface area (Å²) in [6, 6.07) is 9.34. The molecule has 1 aromatic carbocycles. The van der Waals surface area contributed by atoms with E-state index in [2.05, 4.69) is 65.4 Å². The number of hydrogen-bond acceptors (Lipinski definition) is 8. The van der Waals surface area contributed by atoms with Crippen molar-refractivity contribution >= 4 is 38.9 Å². The summed E-state index contributed by atoms with van der Waals surface area (Å²) < 4.78 is 6.65. The molecular formula is C28H38N6OS. The number of thiophene rings is 1. The number of ether oxygens (including phenoxy) is 1. The van der Waals surface area contributed by atoms with Crippen LogP contribution in [0.5, 0.6) is 5.88 Å². The molecule has 6 rings (SSSR count). The van der Waals surface area contributed by atoms with E-state index in [1.54, 1.807) is 0 Å². The van der Waals surface area contributed by atoms with Gasteiger partial charge in [0.1, 0.15) is 10.9 Å². The summed E-state index contributed by atoms with van der Waals surface area (Å²) in [5.41, 5.74) is 3.71. The Balaban J connectivity index is 1.22. The Morgan fingerprint density at radius 1 is 0.972 bits per heavy atom. The SMILES string of the molecule is CN1CCN(c2ccc(Nc3nc(OC4CCC(N(C)C)CC4)c4c5c(sc4n3)CCC5)cc2)CC1. The highest BCUT2D eigenvalue weighted by atomic mass is 32.1. The minimum absolute atomic E-state index is 0.229. The van der Waals surface area contributed by atoms with Gasteiger partial charge in [0.2, 0.25) is 11.8 Å². The predicted octanol–water partition coefficient (Wildman–Crippen LogP) is 4.93. The molecule has 0 atom stereocenters. The first-order chi connectivity index (χ1) is 17.5. The highest BCUT2D eigenvalue weighted by Crippen LogP contribution is 2.42. The van der Waals surface area contributed by atoms with Crippen LogP contribution >= 0.6 is 11.3 Å². The summed E-state index contributed by atoms with van der Waals surface area (Å²) in [6.45, 7) is 4.36. The van der Waals surface area contributed by atoms with Gasteiger partial charge in [-0.3, -0.25) is 0 Å². The monoisotopic (exact) mass is 506 g/mol. The maximum atomic E-state index is 6.65. The highest BCUT2D eigenvalue weighted by molar-refractivity contribution is 7.19. The van der Waals surface area contributed by atoms with Crippen molar-refractivity contribution in [3.8, 4) is 5.88 Å². The third kappa shape index (κ3) is 4.91. The summed E-state index contributed by atoms with van der Waals surface area (Å²) in [5.74, 6) is 1.41. The van der Waals surface area contributed by atoms with E-state index in [9.17, 15) is 0 Å². The Hall–Kier alpha value is -2.42. The van der Waals surface area contributed by atoms with Crippen molar-refractivity contribution in [3.05, 3.63) is 34.7 Å². The maximum absolute atomic E-state index is 6.65. The molecule has 3 aliphatic rings. The zero-order chi connectivity index (χ0) is 24.6. The summed E-state index contributed by atoms with van der Waals surface area (Å²) in [6.07, 6.45) is 8.24. The van der Waals surface area contributed by atoms with Crippen molar-refractivity contribution < 1.29 is 4.74 Å². The first-order valence-corrected chi connectivity index (χ1v) is 14.3. The minimum Gasteiger partial charge on any atom is -0.474 e. The lowest BCUT2D eigenvalue weighted by atomic mass is 9.92. The fourth-order valence-corrected chi connectivity index (χ4v) is 7.14. The first kappa shape index (κ1) is 23.9. The molecule has 0 unspecified atom stereocenters. The van der Waals surface area contributed by atoms with E-state index in [-0.39, 0.29) is 6.10 Å². The number of benzene rings is 1. The maximum Gasteiger partial charge on any atom is 0.231 e. The molecule has 0 bridgehead atoms. The van der Waals surface area contributed by atoms with Gasteiger partial charge in [-0.05, 0) is 95.9 Å². The van der Waals surface area contributed by atoms with E-state index < -0.39 is 0 Å². The van der Waals surface area contributed by atoms with Gasteiger partial charge in [0.05, 0.1) is 5.39 Å². The minimum atomic E-state index is 0.229. The Labute approximate surface area is 218 Å². The van der Waals surface area contributed by atoms with Crippen LogP contribution in [0.3, 0.4) is 0 Å². The predicted molar refractivity (Wildman–Crippen MR) is 149 cm³/mol. The summed E-state index contributed by atoms with van der Waals surface area (Å²) >= 11 is 1.82. The number of nitrogens with one attached hydrogen (secondary N) is 1. The first-order valence-electron chi connectivity index (χ1n) is 13.5. The van der Waals surface area contributed by atoms with Crippen molar-refractivity contribution in [1.82, 2.24) is 19.8 Å². The lowest BCUT2D eigenvalue weighted by molar-refractivity contribution is 0.109. The van der Waals surface area contributed by atoms with E-state index in [4.69, 9.17) is 14.7 Å². The van der Waals surface area contributed by atoms with Crippen LogP contribution in [0.2, 0.25) is 0 Å². The van der Waals surface area contributed by atoms with Crippen molar-refractivity contribution in [2.75, 3.05) is 57.5 Å². The van der Waals surface area contributed by atoms with Crippen LogP contribution < -0.4 is 15.0 Å². The average molecular weight is 507 g/mol. The molecule has 0 radical (unpaired) electrons. The average Bonchev–Trinajstić information content (AvgIpc) is 3.47. The fraction of sp³-hybridized carbons (Fsp3) is 0.571. The molecule has 1 saturated heterocycles. The molecule has 8 heteroatoms. The van der Waals surface area contributed by atoms with Crippen LogP contribution in [-0.4, -0.2) is 79.2 Å². The van der Waals surface area contributed by atoms with E-state index >= 15 is 0 Å². The van der Waals surface area contributed by atoms with Crippen LogP contribution in [0.1, 0.15) is 42.5 Å². The normalized spacial score (nSPS) is 22.8. The van der Waals surface area contributed by atoms with Crippen molar-refractivity contribution in [2.24, 2.45) is 0 Å². The van der Waals surface area contributed by atoms with E-state index in [1.807, 2.05) is 11.3 Å². The van der Waals surface area contributed by atoms with Crippen molar-refractivity contribution in [1.29, 1.82) is 0 Å². The molecule has 0 spiro atoms. The van der Waals surface area contributed by atoms with Crippen LogP contribution in [-0.2, 0) is 12.8 Å². The number of aromatic nitrogens is 2. The smallest absolute Gasteiger partial charge is 0.231 e. The van der Waals surface area contributed by atoms with Gasteiger partial charge in [-0.25, -0.2) is 4.98 Å². The summed E-state index contributed by atoms with van der Waals surface area (Å²) in [7, 11) is 6.56. The number of hydrogen-bond donors (Lipinski definition) is 1. The number of likely N-dealkylation sites (N-methyl/N-ethyl adjacent to an activating group) is 1. The van der Waals surface area contributed by atoms with Gasteiger partial charge in [0.25, 0.3) is 0 Å². The molecular weight excluding hydrogens is 468 g/mol. The summed E-state index contributed by atoms with van der Waals surface area (Å²) in [5, 5.41) is 4.63. The van der Waals surface area contributed by atoms with Gasteiger partial charge < -0.3 is 24.8 Å². The number of anilines is 3. The van der Waals surface area contributed by atoms with Crippen LogP contribution in [0, 0.1) is 0 Å². The molecule has 2 aromatic heterocycles. The second kappa shape index (κ2) is 10.1. The number of rotatable bonds is 6. The van der Waals surface area contributed by atoms with Crippen molar-refractivity contribution in [3.63, 3.8) is 0 Å². The number of piperazine rings is 1. The van der Waals surface area contributed by atoms with E-state index in [0.717, 1.165) is 73.6 Å². The van der Waals surface area contributed by atoms with Crippen LogP contribution in [0.25, 0.3) is 10.2 Å². The number of nitrogens with zero attached hydrogens (tertiary/aromatic N) is 5. The second-order valence-electron chi connectivity index (χ2n) is 10.9. The Bertz CT molecular complexity index is 1190. The molecule has 192 valence electrons. The zero-order valence-electron chi connectivity index (χ0n) is 21.8. The summed E-state index contributed by atoms with van der Waals surface area (Å²) in [4.78, 5) is 19.6. The number of aryl methyl sites for hydroxylation is 2. The highest BCUT2D eigenvalue weighted by Gasteiger charge is 2.28. The van der Waals surface area contributed by atoms with Gasteiger partial charge in [0, 0.05) is 48.5 Å². The van der Waals surface area contributed by atoms with Gasteiger partial charge in [0.15, 0.2) is 0 Å². The van der Waals surface area contributed by atoms with Gasteiger partial charge in [-0.2, -0.15) is 4.98 Å². The van der Waals surface area contributed by atoms with E-state index in [0.29, 0.717) is 12.0 Å². The Kier molecular flexibility index (Phi) is 6.75.